The van der Waals surface area contributed by atoms with E-state index >= 15 is 0 Å². The van der Waals surface area contributed by atoms with Crippen LogP contribution in [0.2, 0.25) is 10.0 Å². The van der Waals surface area contributed by atoms with E-state index in [0.29, 0.717) is 22.5 Å². The lowest BCUT2D eigenvalue weighted by Crippen LogP contribution is -2.52. The van der Waals surface area contributed by atoms with Gasteiger partial charge in [-0.15, -0.1) is 0 Å². The Balaban J connectivity index is 1.78. The molecule has 3 rings (SSSR count). The molecular formula is C19H24Cl2N4O. The zero-order chi connectivity index (χ0) is 18.8. The standard InChI is InChI=1S/C19H24Cl2N4O/c1-11-15(10-19(26)23-17-5-4-8-22-12(17)2)13(3)25(24-11)18-7-6-14(20)9-16(18)21/h6-7,9,12,17,22H,4-5,8,10H2,1-3H3,(H,23,26). The number of piperidine rings is 1. The highest BCUT2D eigenvalue weighted by molar-refractivity contribution is 6.35. The van der Waals surface area contributed by atoms with Crippen LogP contribution in [0.4, 0.5) is 0 Å². The summed E-state index contributed by atoms with van der Waals surface area (Å²) in [6.07, 6.45) is 2.41. The number of aryl methyl sites for hydroxylation is 1. The average Bonchev–Trinajstić information content (AvgIpc) is 2.85. The van der Waals surface area contributed by atoms with Gasteiger partial charge in [-0.3, -0.25) is 4.79 Å². The molecule has 1 saturated heterocycles. The van der Waals surface area contributed by atoms with Gasteiger partial charge in [0.15, 0.2) is 0 Å². The summed E-state index contributed by atoms with van der Waals surface area (Å²) in [5.41, 5.74) is 3.44. The third-order valence-corrected chi connectivity index (χ3v) is 5.56. The van der Waals surface area contributed by atoms with Crippen molar-refractivity contribution in [2.75, 3.05) is 6.54 Å². The van der Waals surface area contributed by atoms with Gasteiger partial charge in [-0.1, -0.05) is 23.2 Å². The number of nitrogens with one attached hydrogen (secondary N) is 2. The van der Waals surface area contributed by atoms with Crippen LogP contribution < -0.4 is 10.6 Å². The van der Waals surface area contributed by atoms with Gasteiger partial charge in [0.05, 0.1) is 22.8 Å². The van der Waals surface area contributed by atoms with Crippen LogP contribution in [0.3, 0.4) is 0 Å². The quantitative estimate of drug-likeness (QED) is 0.832. The zero-order valence-electron chi connectivity index (χ0n) is 15.3. The van der Waals surface area contributed by atoms with Gasteiger partial charge < -0.3 is 10.6 Å². The first-order valence-corrected chi connectivity index (χ1v) is 9.65. The van der Waals surface area contributed by atoms with E-state index in [1.807, 2.05) is 19.9 Å². The van der Waals surface area contributed by atoms with E-state index in [0.717, 1.165) is 42.0 Å². The minimum Gasteiger partial charge on any atom is -0.352 e. The summed E-state index contributed by atoms with van der Waals surface area (Å²) in [7, 11) is 0. The molecule has 0 spiro atoms. The number of hydrogen-bond donors (Lipinski definition) is 2. The van der Waals surface area contributed by atoms with E-state index in [2.05, 4.69) is 22.7 Å². The molecule has 1 amide bonds. The van der Waals surface area contributed by atoms with Crippen LogP contribution in [0.1, 0.15) is 36.7 Å². The molecule has 0 saturated carbocycles. The van der Waals surface area contributed by atoms with Crippen molar-refractivity contribution in [2.24, 2.45) is 0 Å². The minimum absolute atomic E-state index is 0.0264. The number of carbonyl (C=O) groups excluding carboxylic acids is 1. The molecule has 140 valence electrons. The second-order valence-corrected chi connectivity index (χ2v) is 7.74. The maximum absolute atomic E-state index is 12.6. The molecule has 2 N–H and O–H groups in total. The Morgan fingerprint density at radius 1 is 1.38 bits per heavy atom. The molecule has 2 unspecified atom stereocenters. The van der Waals surface area contributed by atoms with Crippen molar-refractivity contribution in [1.82, 2.24) is 20.4 Å². The van der Waals surface area contributed by atoms with Crippen LogP contribution in [0.25, 0.3) is 5.69 Å². The van der Waals surface area contributed by atoms with Gasteiger partial charge in [0, 0.05) is 28.4 Å². The average molecular weight is 395 g/mol. The summed E-state index contributed by atoms with van der Waals surface area (Å²) in [6, 6.07) is 5.79. The van der Waals surface area contributed by atoms with Crippen LogP contribution in [-0.4, -0.2) is 34.3 Å². The summed E-state index contributed by atoms with van der Waals surface area (Å²) in [4.78, 5) is 12.6. The molecule has 2 heterocycles. The molecule has 0 radical (unpaired) electrons. The van der Waals surface area contributed by atoms with E-state index in [4.69, 9.17) is 23.2 Å². The third-order valence-electron chi connectivity index (χ3n) is 5.02. The fourth-order valence-electron chi connectivity index (χ4n) is 3.48. The highest BCUT2D eigenvalue weighted by Crippen LogP contribution is 2.27. The van der Waals surface area contributed by atoms with Crippen LogP contribution in [0.15, 0.2) is 18.2 Å². The lowest BCUT2D eigenvalue weighted by Gasteiger charge is -2.30. The van der Waals surface area contributed by atoms with Crippen molar-refractivity contribution in [3.8, 4) is 5.69 Å². The van der Waals surface area contributed by atoms with Crippen molar-refractivity contribution >= 4 is 29.1 Å². The number of carbonyl (C=O) groups is 1. The number of benzene rings is 1. The molecule has 1 fully saturated rings. The summed E-state index contributed by atoms with van der Waals surface area (Å²) in [6.45, 7) is 7.00. The van der Waals surface area contributed by atoms with Gasteiger partial charge in [0.25, 0.3) is 0 Å². The van der Waals surface area contributed by atoms with Crippen LogP contribution in [0, 0.1) is 13.8 Å². The molecule has 1 aromatic carbocycles. The minimum atomic E-state index is 0.0264. The highest BCUT2D eigenvalue weighted by atomic mass is 35.5. The van der Waals surface area contributed by atoms with E-state index in [-0.39, 0.29) is 11.9 Å². The van der Waals surface area contributed by atoms with Crippen LogP contribution in [-0.2, 0) is 11.2 Å². The summed E-state index contributed by atoms with van der Waals surface area (Å²) < 4.78 is 1.78. The first-order valence-electron chi connectivity index (χ1n) is 8.90. The van der Waals surface area contributed by atoms with Crippen molar-refractivity contribution in [3.63, 3.8) is 0 Å². The van der Waals surface area contributed by atoms with Crippen LogP contribution >= 0.6 is 23.2 Å². The van der Waals surface area contributed by atoms with Crippen LogP contribution in [0.5, 0.6) is 0 Å². The predicted octanol–water partition coefficient (Wildman–Crippen LogP) is 3.60. The summed E-state index contributed by atoms with van der Waals surface area (Å²) in [5, 5.41) is 12.3. The Morgan fingerprint density at radius 3 is 2.85 bits per heavy atom. The summed E-state index contributed by atoms with van der Waals surface area (Å²) in [5.74, 6) is 0.0264. The van der Waals surface area contributed by atoms with Gasteiger partial charge >= 0.3 is 0 Å². The van der Waals surface area contributed by atoms with E-state index in [9.17, 15) is 4.79 Å². The zero-order valence-corrected chi connectivity index (χ0v) is 16.8. The molecule has 1 aromatic heterocycles. The Labute approximate surface area is 164 Å². The van der Waals surface area contributed by atoms with E-state index < -0.39 is 0 Å². The second-order valence-electron chi connectivity index (χ2n) is 6.89. The third kappa shape index (κ3) is 4.05. The van der Waals surface area contributed by atoms with Gasteiger partial charge in [0.1, 0.15) is 0 Å². The molecule has 1 aliphatic rings. The Kier molecular flexibility index (Phi) is 5.90. The number of amides is 1. The molecule has 5 nitrogen and oxygen atoms in total. The molecular weight excluding hydrogens is 371 g/mol. The number of rotatable bonds is 4. The topological polar surface area (TPSA) is 59.0 Å². The normalized spacial score (nSPS) is 20.2. The predicted molar refractivity (Wildman–Crippen MR) is 105 cm³/mol. The van der Waals surface area contributed by atoms with Gasteiger partial charge in [0.2, 0.25) is 5.91 Å². The van der Waals surface area contributed by atoms with Crippen molar-refractivity contribution < 1.29 is 4.79 Å². The van der Waals surface area contributed by atoms with Crippen molar-refractivity contribution in [1.29, 1.82) is 0 Å². The SMILES string of the molecule is Cc1nn(-c2ccc(Cl)cc2Cl)c(C)c1CC(=O)NC1CCCNC1C. The molecule has 0 aliphatic carbocycles. The fourth-order valence-corrected chi connectivity index (χ4v) is 3.97. The molecule has 1 aliphatic heterocycles. The highest BCUT2D eigenvalue weighted by Gasteiger charge is 2.24. The maximum Gasteiger partial charge on any atom is 0.224 e. The van der Waals surface area contributed by atoms with E-state index in [1.54, 1.807) is 16.8 Å². The van der Waals surface area contributed by atoms with E-state index in [1.165, 1.54) is 0 Å². The number of nitrogens with zero attached hydrogens (tertiary/aromatic N) is 2. The summed E-state index contributed by atoms with van der Waals surface area (Å²) >= 11 is 12.3. The van der Waals surface area contributed by atoms with Crippen molar-refractivity contribution in [3.05, 3.63) is 45.2 Å². The molecule has 2 atom stereocenters. The number of halogens is 2. The Morgan fingerprint density at radius 2 is 2.15 bits per heavy atom. The Hall–Kier alpha value is -1.56. The number of hydrogen-bond acceptors (Lipinski definition) is 3. The monoisotopic (exact) mass is 394 g/mol. The second kappa shape index (κ2) is 7.99. The lowest BCUT2D eigenvalue weighted by molar-refractivity contribution is -0.121. The maximum atomic E-state index is 12.6. The lowest BCUT2D eigenvalue weighted by atomic mass is 9.99. The molecule has 2 aromatic rings. The number of aromatic nitrogens is 2. The molecule has 26 heavy (non-hydrogen) atoms. The largest absolute Gasteiger partial charge is 0.352 e. The smallest absolute Gasteiger partial charge is 0.224 e. The van der Waals surface area contributed by atoms with Gasteiger partial charge in [-0.25, -0.2) is 4.68 Å². The van der Waals surface area contributed by atoms with Gasteiger partial charge in [-0.05, 0) is 58.4 Å². The van der Waals surface area contributed by atoms with Gasteiger partial charge in [-0.2, -0.15) is 5.10 Å². The molecule has 7 heteroatoms. The Bertz CT molecular complexity index is 818. The fraction of sp³-hybridized carbons (Fsp3) is 0.474. The molecule has 0 bridgehead atoms. The first kappa shape index (κ1) is 19.2. The first-order chi connectivity index (χ1) is 12.4. The van der Waals surface area contributed by atoms with Crippen molar-refractivity contribution in [2.45, 2.75) is 52.1 Å².